The second kappa shape index (κ2) is 8.10. The number of alkyl halides is 3. The summed E-state index contributed by atoms with van der Waals surface area (Å²) in [5, 5.41) is -0.0701. The molecule has 0 spiro atoms. The summed E-state index contributed by atoms with van der Waals surface area (Å²) in [7, 11) is 1.20. The molecule has 172 valence electrons. The number of carbonyl (C=O) groups is 1. The molecule has 2 aliphatic rings. The van der Waals surface area contributed by atoms with E-state index in [4.69, 9.17) is 16.3 Å². The van der Waals surface area contributed by atoms with Gasteiger partial charge in [0.15, 0.2) is 0 Å². The minimum atomic E-state index is -4.51. The minimum Gasteiger partial charge on any atom is -0.492 e. The van der Waals surface area contributed by atoms with Gasteiger partial charge in [-0.15, -0.1) is 0 Å². The van der Waals surface area contributed by atoms with E-state index in [1.54, 1.807) is 4.90 Å². The number of halogens is 5. The van der Waals surface area contributed by atoms with Gasteiger partial charge in [0, 0.05) is 30.8 Å². The highest BCUT2D eigenvalue weighted by Gasteiger charge is 2.42. The molecule has 0 N–H and O–H groups in total. The first-order chi connectivity index (χ1) is 15.0. The van der Waals surface area contributed by atoms with E-state index in [9.17, 15) is 22.4 Å². The maximum Gasteiger partial charge on any atom is 0.417 e. The number of anilines is 1. The summed E-state index contributed by atoms with van der Waals surface area (Å²) in [6, 6.07) is 3.58. The number of hydrogen-bond donors (Lipinski definition) is 0. The number of rotatable bonds is 6. The van der Waals surface area contributed by atoms with E-state index in [0.29, 0.717) is 18.8 Å². The molecular formula is C22H21ClF4N2O3. The molecule has 0 atom stereocenters. The van der Waals surface area contributed by atoms with Crippen molar-refractivity contribution in [1.82, 2.24) is 4.98 Å². The van der Waals surface area contributed by atoms with Crippen LogP contribution in [0, 0.1) is 11.2 Å². The third kappa shape index (κ3) is 4.48. The summed E-state index contributed by atoms with van der Waals surface area (Å²) in [5.41, 5.74) is -0.570. The lowest BCUT2D eigenvalue weighted by Crippen LogP contribution is -2.58. The fourth-order valence-corrected chi connectivity index (χ4v) is 4.15. The number of methoxy groups -OCH3 is 1. The Morgan fingerprint density at radius 2 is 1.97 bits per heavy atom. The van der Waals surface area contributed by atoms with Crippen molar-refractivity contribution in [3.63, 3.8) is 0 Å². The van der Waals surface area contributed by atoms with Crippen LogP contribution in [0.2, 0.25) is 5.02 Å². The molecule has 0 amide bonds. The standard InChI is InChI=1S/C22H21ClF4N2O3/c1-21(9-29(10-21)19-16(23)5-13(8-28-19)22(25,26)27)11-32-18-7-17(24)15(20(30)31-2)6-14(18)12-3-4-12/h5-8,12H,3-4,9-11H2,1-2H3. The second-order valence-corrected chi connectivity index (χ2v) is 9.03. The van der Waals surface area contributed by atoms with Crippen LogP contribution in [0.1, 0.15) is 47.2 Å². The molecule has 1 aliphatic carbocycles. The first-order valence-corrected chi connectivity index (χ1v) is 10.4. The Morgan fingerprint density at radius 1 is 1.28 bits per heavy atom. The molecule has 0 bridgehead atoms. The van der Waals surface area contributed by atoms with E-state index in [-0.39, 0.29) is 34.3 Å². The summed E-state index contributed by atoms with van der Waals surface area (Å²) < 4.78 is 63.4. The summed E-state index contributed by atoms with van der Waals surface area (Å²) in [4.78, 5) is 17.5. The largest absolute Gasteiger partial charge is 0.492 e. The molecule has 2 heterocycles. The SMILES string of the molecule is COC(=O)c1cc(C2CC2)c(OCC2(C)CN(c3ncc(C(F)(F)F)cc3Cl)C2)cc1F. The van der Waals surface area contributed by atoms with Crippen molar-refractivity contribution in [2.45, 2.75) is 31.9 Å². The van der Waals surface area contributed by atoms with Crippen LogP contribution >= 0.6 is 11.6 Å². The fraction of sp³-hybridized carbons (Fsp3) is 0.455. The first kappa shape index (κ1) is 22.6. The van der Waals surface area contributed by atoms with Crippen LogP contribution in [0.3, 0.4) is 0 Å². The van der Waals surface area contributed by atoms with Gasteiger partial charge < -0.3 is 14.4 Å². The predicted octanol–water partition coefficient (Wildman–Crippen LogP) is 5.46. The van der Waals surface area contributed by atoms with Crippen LogP contribution in [0.25, 0.3) is 0 Å². The van der Waals surface area contributed by atoms with Crippen molar-refractivity contribution < 1.29 is 31.8 Å². The zero-order valence-electron chi connectivity index (χ0n) is 17.4. The van der Waals surface area contributed by atoms with E-state index in [1.165, 1.54) is 19.2 Å². The van der Waals surface area contributed by atoms with Crippen LogP contribution in [-0.4, -0.2) is 37.8 Å². The molecule has 1 aromatic heterocycles. The Bertz CT molecular complexity index is 1050. The van der Waals surface area contributed by atoms with Gasteiger partial charge in [-0.25, -0.2) is 14.2 Å². The monoisotopic (exact) mass is 472 g/mol. The molecule has 4 rings (SSSR count). The lowest BCUT2D eigenvalue weighted by molar-refractivity contribution is -0.137. The van der Waals surface area contributed by atoms with Gasteiger partial charge in [-0.3, -0.25) is 0 Å². The number of hydrogen-bond acceptors (Lipinski definition) is 5. The molecule has 1 aromatic carbocycles. The average molecular weight is 473 g/mol. The smallest absolute Gasteiger partial charge is 0.417 e. The molecule has 2 fully saturated rings. The van der Waals surface area contributed by atoms with Crippen molar-refractivity contribution in [3.8, 4) is 5.75 Å². The Balaban J connectivity index is 1.44. The lowest BCUT2D eigenvalue weighted by Gasteiger charge is -2.48. The predicted molar refractivity (Wildman–Crippen MR) is 110 cm³/mol. The number of esters is 1. The number of carbonyl (C=O) groups excluding carboxylic acids is 1. The summed E-state index contributed by atoms with van der Waals surface area (Å²) >= 11 is 6.03. The van der Waals surface area contributed by atoms with Crippen LogP contribution in [0.15, 0.2) is 24.4 Å². The van der Waals surface area contributed by atoms with E-state index in [2.05, 4.69) is 9.72 Å². The maximum absolute atomic E-state index is 14.4. The van der Waals surface area contributed by atoms with Crippen LogP contribution in [0.4, 0.5) is 23.4 Å². The molecule has 5 nitrogen and oxygen atoms in total. The Labute approximate surface area is 187 Å². The molecular weight excluding hydrogens is 452 g/mol. The zero-order chi connectivity index (χ0) is 23.3. The number of ether oxygens (including phenoxy) is 2. The Hall–Kier alpha value is -2.55. The number of benzene rings is 1. The Kier molecular flexibility index (Phi) is 5.73. The molecule has 10 heteroatoms. The molecule has 1 saturated heterocycles. The highest BCUT2D eigenvalue weighted by Crippen LogP contribution is 2.46. The van der Waals surface area contributed by atoms with E-state index >= 15 is 0 Å². The van der Waals surface area contributed by atoms with Gasteiger partial charge in [0.1, 0.15) is 17.4 Å². The van der Waals surface area contributed by atoms with Crippen LogP contribution in [0.5, 0.6) is 5.75 Å². The van der Waals surface area contributed by atoms with Gasteiger partial charge >= 0.3 is 12.1 Å². The van der Waals surface area contributed by atoms with Gasteiger partial charge in [0.05, 0.1) is 29.9 Å². The van der Waals surface area contributed by atoms with E-state index in [0.717, 1.165) is 30.7 Å². The molecule has 0 unspecified atom stereocenters. The van der Waals surface area contributed by atoms with Gasteiger partial charge in [0.25, 0.3) is 0 Å². The minimum absolute atomic E-state index is 0.0701. The van der Waals surface area contributed by atoms with Crippen LogP contribution < -0.4 is 9.64 Å². The summed E-state index contributed by atoms with van der Waals surface area (Å²) in [6.45, 7) is 3.15. The van der Waals surface area contributed by atoms with Crippen molar-refractivity contribution in [2.75, 3.05) is 31.7 Å². The quantitative estimate of drug-likeness (QED) is 0.412. The van der Waals surface area contributed by atoms with Crippen molar-refractivity contribution >= 4 is 23.4 Å². The highest BCUT2D eigenvalue weighted by atomic mass is 35.5. The van der Waals surface area contributed by atoms with Gasteiger partial charge in [-0.2, -0.15) is 13.2 Å². The third-order valence-electron chi connectivity index (χ3n) is 5.69. The molecule has 32 heavy (non-hydrogen) atoms. The van der Waals surface area contributed by atoms with Crippen molar-refractivity contribution in [2.24, 2.45) is 5.41 Å². The summed E-state index contributed by atoms with van der Waals surface area (Å²) in [6.07, 6.45) is -1.87. The van der Waals surface area contributed by atoms with Gasteiger partial charge in [-0.05, 0) is 36.5 Å². The molecule has 0 radical (unpaired) electrons. The number of pyridine rings is 1. The third-order valence-corrected chi connectivity index (χ3v) is 5.97. The van der Waals surface area contributed by atoms with Crippen molar-refractivity contribution in [1.29, 1.82) is 0 Å². The van der Waals surface area contributed by atoms with Gasteiger partial charge in [0.2, 0.25) is 0 Å². The van der Waals surface area contributed by atoms with Gasteiger partial charge in [-0.1, -0.05) is 18.5 Å². The van der Waals surface area contributed by atoms with E-state index in [1.807, 2.05) is 6.92 Å². The first-order valence-electron chi connectivity index (χ1n) is 10.0. The summed E-state index contributed by atoms with van der Waals surface area (Å²) in [5.74, 6) is -0.557. The normalized spacial score (nSPS) is 17.7. The van der Waals surface area contributed by atoms with E-state index < -0.39 is 23.5 Å². The molecule has 1 saturated carbocycles. The maximum atomic E-state index is 14.4. The lowest BCUT2D eigenvalue weighted by atomic mass is 9.83. The average Bonchev–Trinajstić information content (AvgIpc) is 3.54. The number of nitrogens with zero attached hydrogens (tertiary/aromatic N) is 2. The number of aromatic nitrogens is 1. The second-order valence-electron chi connectivity index (χ2n) is 8.62. The highest BCUT2D eigenvalue weighted by molar-refractivity contribution is 6.33. The molecule has 1 aliphatic heterocycles. The fourth-order valence-electron chi connectivity index (χ4n) is 3.86. The Morgan fingerprint density at radius 3 is 2.53 bits per heavy atom. The topological polar surface area (TPSA) is 51.7 Å². The van der Waals surface area contributed by atoms with Crippen LogP contribution in [-0.2, 0) is 10.9 Å². The molecule has 2 aromatic rings. The van der Waals surface area contributed by atoms with Crippen molar-refractivity contribution in [3.05, 3.63) is 51.9 Å². The zero-order valence-corrected chi connectivity index (χ0v) is 18.2.